The van der Waals surface area contributed by atoms with Gasteiger partial charge in [0.25, 0.3) is 0 Å². The van der Waals surface area contributed by atoms with E-state index in [2.05, 4.69) is 11.3 Å². The van der Waals surface area contributed by atoms with Gasteiger partial charge in [0.15, 0.2) is 0 Å². The number of carbonyl (C=O) groups is 1. The summed E-state index contributed by atoms with van der Waals surface area (Å²) in [5.74, 6) is -105. The molecule has 27 heteroatoms. The Balaban J connectivity index is 7.33. The maximum Gasteiger partial charge on any atom is 0.460 e. The van der Waals surface area contributed by atoms with Gasteiger partial charge in [-0.05, 0) is 6.92 Å². The summed E-state index contributed by atoms with van der Waals surface area (Å²) >= 11 is 0. The quantitative estimate of drug-likeness (QED) is 0.101. The molecule has 0 aromatic carbocycles. The number of hydrogen-bond donors (Lipinski definition) is 0. The smallest absolute Gasteiger partial charge is 0.459 e. The number of rotatable bonds is 14. The predicted molar refractivity (Wildman–Crippen MR) is 95.4 cm³/mol. The normalized spacial score (nSPS) is 17.5. The molecule has 0 radical (unpaired) electrons. The summed E-state index contributed by atoms with van der Waals surface area (Å²) in [4.78, 5) is 11.0. The second-order valence-electron chi connectivity index (χ2n) is 9.00. The van der Waals surface area contributed by atoms with Gasteiger partial charge in [-0.2, -0.15) is 110 Å². The first-order valence-corrected chi connectivity index (χ1v) is 10.6. The van der Waals surface area contributed by atoms with Crippen molar-refractivity contribution in [1.82, 2.24) is 0 Å². The molecule has 2 nitrogen and oxygen atoms in total. The van der Waals surface area contributed by atoms with E-state index >= 15 is 0 Å². The highest BCUT2D eigenvalue weighted by atomic mass is 19.4. The van der Waals surface area contributed by atoms with Gasteiger partial charge in [-0.1, -0.05) is 13.5 Å². The first-order valence-electron chi connectivity index (χ1n) is 10.6. The zero-order valence-corrected chi connectivity index (χ0v) is 21.2. The van der Waals surface area contributed by atoms with Crippen LogP contribution in [0.2, 0.25) is 0 Å². The van der Waals surface area contributed by atoms with Gasteiger partial charge in [0.05, 0.1) is 5.92 Å². The fraction of sp³-hybridized carbons (Fsp3) is 0.842. The van der Waals surface area contributed by atoms with Crippen LogP contribution in [0.5, 0.6) is 0 Å². The molecule has 2 unspecified atom stereocenters. The molecule has 0 aliphatic heterocycles. The minimum absolute atomic E-state index is 0.0600. The molecular formula is C19H11F25O2. The highest BCUT2D eigenvalue weighted by Gasteiger charge is 2.99. The largest absolute Gasteiger partial charge is 0.460 e. The number of alkyl halides is 25. The molecule has 0 saturated carbocycles. The van der Waals surface area contributed by atoms with Crippen molar-refractivity contribution in [2.24, 2.45) is 5.92 Å². The minimum Gasteiger partial charge on any atom is -0.459 e. The molecule has 0 aromatic rings. The first-order chi connectivity index (χ1) is 19.5. The van der Waals surface area contributed by atoms with Crippen molar-refractivity contribution in [3.63, 3.8) is 0 Å². The van der Waals surface area contributed by atoms with Crippen molar-refractivity contribution < 1.29 is 119 Å². The minimum atomic E-state index is -9.64. The molecule has 2 atom stereocenters. The molecule has 0 aliphatic carbocycles. The van der Waals surface area contributed by atoms with Gasteiger partial charge in [0.1, 0.15) is 6.10 Å². The van der Waals surface area contributed by atoms with E-state index in [1.54, 1.807) is 0 Å². The summed E-state index contributed by atoms with van der Waals surface area (Å²) in [5.41, 5.74) is 0. The molecule has 274 valence electrons. The fourth-order valence-corrected chi connectivity index (χ4v) is 2.88. The third kappa shape index (κ3) is 5.37. The van der Waals surface area contributed by atoms with Gasteiger partial charge in [-0.15, -0.1) is 0 Å². The average molecular weight is 746 g/mol. The topological polar surface area (TPSA) is 26.3 Å². The van der Waals surface area contributed by atoms with Crippen LogP contribution in [0.1, 0.15) is 13.8 Å². The lowest BCUT2D eigenvalue weighted by Gasteiger charge is -2.46. The van der Waals surface area contributed by atoms with Crippen LogP contribution in [-0.2, 0) is 9.53 Å². The Hall–Kier alpha value is -2.54. The monoisotopic (exact) mass is 746 g/mol. The van der Waals surface area contributed by atoms with Gasteiger partial charge in [0.2, 0.25) is 0 Å². The highest BCUT2D eigenvalue weighted by Crippen LogP contribution is 2.68. The predicted octanol–water partition coefficient (Wildman–Crippen LogP) is 9.29. The lowest BCUT2D eigenvalue weighted by atomic mass is 9.82. The van der Waals surface area contributed by atoms with Gasteiger partial charge in [-0.25, -0.2) is 4.79 Å². The van der Waals surface area contributed by atoms with E-state index in [0.717, 1.165) is 0 Å². The van der Waals surface area contributed by atoms with Gasteiger partial charge in [-0.3, -0.25) is 0 Å². The zero-order chi connectivity index (χ0) is 38.1. The number of halogens is 25. The van der Waals surface area contributed by atoms with E-state index in [0.29, 0.717) is 0 Å². The Morgan fingerprint density at radius 3 is 0.891 bits per heavy atom. The summed E-state index contributed by atoms with van der Waals surface area (Å²) in [7, 11) is 0. The van der Waals surface area contributed by atoms with Crippen LogP contribution >= 0.6 is 0 Å². The van der Waals surface area contributed by atoms with Crippen LogP contribution in [0.3, 0.4) is 0 Å². The maximum absolute atomic E-state index is 14.2. The SMILES string of the molecule is C=CC(=O)OC(C)C(C)C(F)(F)C(F)(F)C(F)(F)C(F)(F)C(F)(F)C(F)(F)C(F)(F)C(F)(F)C(F)(F)C(F)(F)C(F)(F)C(F)(F)F. The van der Waals surface area contributed by atoms with E-state index in [9.17, 15) is 115 Å². The summed E-state index contributed by atoms with van der Waals surface area (Å²) in [6.07, 6.45) is -11.0. The molecule has 0 amide bonds. The molecule has 0 saturated heterocycles. The second kappa shape index (κ2) is 11.3. The van der Waals surface area contributed by atoms with Crippen molar-refractivity contribution in [3.05, 3.63) is 12.7 Å². The Bertz CT molecular complexity index is 1130. The summed E-state index contributed by atoms with van der Waals surface area (Å²) in [6, 6.07) is 0. The number of hydrogen-bond acceptors (Lipinski definition) is 2. The summed E-state index contributed by atoms with van der Waals surface area (Å²) in [5, 5.41) is 0. The van der Waals surface area contributed by atoms with Gasteiger partial charge < -0.3 is 4.74 Å². The standard InChI is InChI=1S/C19H11F25O2/c1-4-7(45)46-6(3)5(2)8(20,21)9(22,23)10(24,25)11(26,27)12(28,29)13(30,31)14(32,33)15(34,35)16(36,37)17(38,39)18(40,41)19(42,43)44/h4-6H,1H2,2-3H3. The third-order valence-corrected chi connectivity index (χ3v) is 6.07. The van der Waals surface area contributed by atoms with E-state index < -0.39 is 96.2 Å². The van der Waals surface area contributed by atoms with E-state index in [4.69, 9.17) is 0 Å². The van der Waals surface area contributed by atoms with Crippen LogP contribution in [0.15, 0.2) is 12.7 Å². The van der Waals surface area contributed by atoms with E-state index in [1.165, 1.54) is 0 Å². The van der Waals surface area contributed by atoms with Crippen LogP contribution in [0.25, 0.3) is 0 Å². The van der Waals surface area contributed by atoms with Crippen LogP contribution in [0.4, 0.5) is 110 Å². The maximum atomic E-state index is 14.2. The van der Waals surface area contributed by atoms with Crippen molar-refractivity contribution in [3.8, 4) is 0 Å². The zero-order valence-electron chi connectivity index (χ0n) is 21.2. The van der Waals surface area contributed by atoms with Gasteiger partial charge >= 0.3 is 77.3 Å². The number of carbonyl (C=O) groups excluding carboxylic acids is 1. The lowest BCUT2D eigenvalue weighted by molar-refractivity contribution is -0.482. The van der Waals surface area contributed by atoms with E-state index in [-0.39, 0.29) is 13.0 Å². The number of ether oxygens (including phenoxy) is 1. The molecule has 0 bridgehead atoms. The Morgan fingerprint density at radius 2 is 0.674 bits per heavy atom. The van der Waals surface area contributed by atoms with Crippen LogP contribution in [-0.4, -0.2) is 83.4 Å². The molecule has 0 aromatic heterocycles. The fourth-order valence-electron chi connectivity index (χ4n) is 2.88. The summed E-state index contributed by atoms with van der Waals surface area (Å²) in [6.45, 7) is 2.29. The molecule has 0 N–H and O–H groups in total. The molecule has 0 aliphatic rings. The molecule has 0 spiro atoms. The second-order valence-corrected chi connectivity index (χ2v) is 9.00. The van der Waals surface area contributed by atoms with Crippen LogP contribution in [0, 0.1) is 5.92 Å². The Labute approximate surface area is 236 Å². The first kappa shape index (κ1) is 43.5. The number of esters is 1. The third-order valence-electron chi connectivity index (χ3n) is 6.07. The van der Waals surface area contributed by atoms with Crippen molar-refractivity contribution in [2.45, 2.75) is 91.3 Å². The highest BCUT2D eigenvalue weighted by molar-refractivity contribution is 5.81. The average Bonchev–Trinajstić information content (AvgIpc) is 2.85. The molecule has 46 heavy (non-hydrogen) atoms. The lowest BCUT2D eigenvalue weighted by Crippen LogP contribution is -2.78. The van der Waals surface area contributed by atoms with E-state index in [1.807, 2.05) is 0 Å². The molecular weight excluding hydrogens is 735 g/mol. The van der Waals surface area contributed by atoms with Crippen molar-refractivity contribution in [2.75, 3.05) is 0 Å². The van der Waals surface area contributed by atoms with Crippen molar-refractivity contribution in [1.29, 1.82) is 0 Å². The molecule has 0 rings (SSSR count). The molecule has 0 heterocycles. The Morgan fingerprint density at radius 1 is 0.457 bits per heavy atom. The van der Waals surface area contributed by atoms with Gasteiger partial charge in [0, 0.05) is 6.08 Å². The van der Waals surface area contributed by atoms with Crippen LogP contribution < -0.4 is 0 Å². The Kier molecular flexibility index (Phi) is 10.7. The summed E-state index contributed by atoms with van der Waals surface area (Å²) < 4.78 is 341. The van der Waals surface area contributed by atoms with Crippen molar-refractivity contribution >= 4 is 5.97 Å². The molecule has 0 fully saturated rings.